The number of likely N-dealkylation sites (tertiary alicyclic amines) is 1. The van der Waals surface area contributed by atoms with Crippen molar-refractivity contribution in [3.8, 4) is 0 Å². The number of thiophene rings is 1. The van der Waals surface area contributed by atoms with Crippen molar-refractivity contribution in [2.45, 2.75) is 39.0 Å². The molecule has 0 radical (unpaired) electrons. The average molecular weight is 331 g/mol. The molecule has 0 N–H and O–H groups in total. The Morgan fingerprint density at radius 3 is 2.73 bits per heavy atom. The van der Waals surface area contributed by atoms with Crippen molar-refractivity contribution in [1.82, 2.24) is 4.90 Å². The SMILES string of the molecule is COC(=O)c1csc(CCC2CCN(CC(F)F)CC2)c1C. The number of hydrogen-bond donors (Lipinski definition) is 0. The Morgan fingerprint density at radius 1 is 1.45 bits per heavy atom. The molecule has 1 aromatic rings. The zero-order valence-corrected chi connectivity index (χ0v) is 13.9. The molecule has 1 aliphatic rings. The lowest BCUT2D eigenvalue weighted by molar-refractivity contribution is 0.0600. The molecule has 2 rings (SSSR count). The first-order valence-corrected chi connectivity index (χ1v) is 8.55. The second-order valence-electron chi connectivity index (χ2n) is 5.86. The minimum absolute atomic E-state index is 0.0980. The fourth-order valence-electron chi connectivity index (χ4n) is 3.00. The van der Waals surface area contributed by atoms with Gasteiger partial charge in [-0.15, -0.1) is 11.3 Å². The van der Waals surface area contributed by atoms with Crippen LogP contribution in [0.15, 0.2) is 5.38 Å². The third-order valence-corrected chi connectivity index (χ3v) is 5.58. The van der Waals surface area contributed by atoms with Gasteiger partial charge in [0.1, 0.15) is 0 Å². The molecule has 6 heteroatoms. The van der Waals surface area contributed by atoms with Gasteiger partial charge in [0, 0.05) is 10.3 Å². The van der Waals surface area contributed by atoms with Gasteiger partial charge in [0.2, 0.25) is 0 Å². The molecule has 1 fully saturated rings. The zero-order chi connectivity index (χ0) is 16.1. The summed E-state index contributed by atoms with van der Waals surface area (Å²) in [6.07, 6.45) is 1.75. The van der Waals surface area contributed by atoms with Crippen LogP contribution in [0.2, 0.25) is 0 Å². The molecule has 0 aliphatic carbocycles. The maximum atomic E-state index is 12.3. The molecule has 1 saturated heterocycles. The van der Waals surface area contributed by atoms with E-state index in [0.717, 1.165) is 44.3 Å². The van der Waals surface area contributed by atoms with E-state index in [0.29, 0.717) is 11.5 Å². The summed E-state index contributed by atoms with van der Waals surface area (Å²) in [5, 5.41) is 1.86. The number of methoxy groups -OCH3 is 1. The topological polar surface area (TPSA) is 29.5 Å². The van der Waals surface area contributed by atoms with Gasteiger partial charge >= 0.3 is 5.97 Å². The second-order valence-corrected chi connectivity index (χ2v) is 6.83. The van der Waals surface area contributed by atoms with Crippen LogP contribution in [-0.4, -0.2) is 44.0 Å². The fourth-order valence-corrected chi connectivity index (χ4v) is 4.06. The van der Waals surface area contributed by atoms with Crippen molar-refractivity contribution in [3.05, 3.63) is 21.4 Å². The minimum Gasteiger partial charge on any atom is -0.465 e. The summed E-state index contributed by atoms with van der Waals surface area (Å²) < 4.78 is 29.5. The van der Waals surface area contributed by atoms with Gasteiger partial charge in [0.05, 0.1) is 19.2 Å². The highest BCUT2D eigenvalue weighted by molar-refractivity contribution is 7.10. The van der Waals surface area contributed by atoms with Crippen molar-refractivity contribution in [2.75, 3.05) is 26.7 Å². The van der Waals surface area contributed by atoms with Crippen LogP contribution >= 0.6 is 11.3 Å². The first kappa shape index (κ1) is 17.3. The van der Waals surface area contributed by atoms with E-state index in [9.17, 15) is 13.6 Å². The lowest BCUT2D eigenvalue weighted by Crippen LogP contribution is -2.36. The van der Waals surface area contributed by atoms with E-state index >= 15 is 0 Å². The predicted molar refractivity (Wildman–Crippen MR) is 83.9 cm³/mol. The number of carbonyl (C=O) groups is 1. The minimum atomic E-state index is -2.23. The fraction of sp³-hybridized carbons (Fsp3) is 0.688. The number of aryl methyl sites for hydroxylation is 1. The lowest BCUT2D eigenvalue weighted by Gasteiger charge is -2.31. The Kier molecular flexibility index (Phi) is 6.32. The Hall–Kier alpha value is -1.01. The molecule has 0 amide bonds. The molecule has 2 heterocycles. The summed E-state index contributed by atoms with van der Waals surface area (Å²) in [6, 6.07) is 0. The normalized spacial score (nSPS) is 17.1. The maximum absolute atomic E-state index is 12.3. The first-order valence-electron chi connectivity index (χ1n) is 7.67. The molecule has 124 valence electrons. The van der Waals surface area contributed by atoms with Gasteiger partial charge in [-0.25, -0.2) is 13.6 Å². The monoisotopic (exact) mass is 331 g/mol. The van der Waals surface area contributed by atoms with Crippen LogP contribution in [0.25, 0.3) is 0 Å². The number of halogens is 2. The van der Waals surface area contributed by atoms with E-state index in [1.807, 2.05) is 17.2 Å². The summed E-state index contributed by atoms with van der Waals surface area (Å²) >= 11 is 1.61. The number of carbonyl (C=O) groups excluding carboxylic acids is 1. The average Bonchev–Trinajstić information content (AvgIpc) is 2.86. The smallest absolute Gasteiger partial charge is 0.338 e. The lowest BCUT2D eigenvalue weighted by atomic mass is 9.91. The summed E-state index contributed by atoms with van der Waals surface area (Å²) in [6.45, 7) is 3.40. The van der Waals surface area contributed by atoms with Gasteiger partial charge in [-0.2, -0.15) is 0 Å². The third kappa shape index (κ3) is 4.49. The van der Waals surface area contributed by atoms with Crippen molar-refractivity contribution >= 4 is 17.3 Å². The summed E-state index contributed by atoms with van der Waals surface area (Å²) in [4.78, 5) is 14.7. The largest absolute Gasteiger partial charge is 0.465 e. The van der Waals surface area contributed by atoms with Gasteiger partial charge in [-0.3, -0.25) is 4.90 Å². The maximum Gasteiger partial charge on any atom is 0.338 e. The highest BCUT2D eigenvalue weighted by atomic mass is 32.1. The number of nitrogens with zero attached hydrogens (tertiary/aromatic N) is 1. The van der Waals surface area contributed by atoms with E-state index in [1.54, 1.807) is 11.3 Å². The van der Waals surface area contributed by atoms with Crippen molar-refractivity contribution in [3.63, 3.8) is 0 Å². The van der Waals surface area contributed by atoms with Gasteiger partial charge in [0.15, 0.2) is 0 Å². The highest BCUT2D eigenvalue weighted by Crippen LogP contribution is 2.28. The molecular weight excluding hydrogens is 308 g/mol. The van der Waals surface area contributed by atoms with E-state index < -0.39 is 6.43 Å². The molecule has 0 unspecified atom stereocenters. The molecular formula is C16H23F2NO2S. The van der Waals surface area contributed by atoms with Crippen LogP contribution in [-0.2, 0) is 11.2 Å². The van der Waals surface area contributed by atoms with E-state index in [4.69, 9.17) is 4.74 Å². The van der Waals surface area contributed by atoms with Crippen LogP contribution in [0.4, 0.5) is 8.78 Å². The molecule has 1 aliphatic heterocycles. The quantitative estimate of drug-likeness (QED) is 0.744. The highest BCUT2D eigenvalue weighted by Gasteiger charge is 2.22. The molecule has 0 aromatic carbocycles. The molecule has 0 spiro atoms. The number of esters is 1. The number of ether oxygens (including phenoxy) is 1. The van der Waals surface area contributed by atoms with E-state index in [2.05, 4.69) is 0 Å². The number of hydrogen-bond acceptors (Lipinski definition) is 4. The van der Waals surface area contributed by atoms with Crippen molar-refractivity contribution < 1.29 is 18.3 Å². The summed E-state index contributed by atoms with van der Waals surface area (Å²) in [7, 11) is 1.40. The van der Waals surface area contributed by atoms with Gasteiger partial charge in [-0.1, -0.05) is 0 Å². The molecule has 22 heavy (non-hydrogen) atoms. The molecule has 0 atom stereocenters. The van der Waals surface area contributed by atoms with Crippen LogP contribution in [0.1, 0.15) is 40.1 Å². The van der Waals surface area contributed by atoms with E-state index in [-0.39, 0.29) is 12.5 Å². The Morgan fingerprint density at radius 2 is 2.14 bits per heavy atom. The molecule has 3 nitrogen and oxygen atoms in total. The number of alkyl halides is 2. The Balaban J connectivity index is 1.80. The number of rotatable bonds is 6. The second kappa shape index (κ2) is 8.02. The molecule has 1 aromatic heterocycles. The van der Waals surface area contributed by atoms with Crippen molar-refractivity contribution in [1.29, 1.82) is 0 Å². The summed E-state index contributed by atoms with van der Waals surface area (Å²) in [5.41, 5.74) is 1.68. The van der Waals surface area contributed by atoms with E-state index in [1.165, 1.54) is 12.0 Å². The Bertz CT molecular complexity index is 496. The van der Waals surface area contributed by atoms with Crippen LogP contribution in [0, 0.1) is 12.8 Å². The summed E-state index contributed by atoms with van der Waals surface area (Å²) in [5.74, 6) is 0.317. The van der Waals surface area contributed by atoms with Crippen LogP contribution in [0.3, 0.4) is 0 Å². The first-order chi connectivity index (χ1) is 10.5. The van der Waals surface area contributed by atoms with Crippen LogP contribution < -0.4 is 0 Å². The van der Waals surface area contributed by atoms with Crippen LogP contribution in [0.5, 0.6) is 0 Å². The molecule has 0 bridgehead atoms. The van der Waals surface area contributed by atoms with Gasteiger partial charge < -0.3 is 4.74 Å². The molecule has 0 saturated carbocycles. The Labute approximate surface area is 134 Å². The zero-order valence-electron chi connectivity index (χ0n) is 13.1. The van der Waals surface area contributed by atoms with Gasteiger partial charge in [-0.05, 0) is 57.2 Å². The standard InChI is InChI=1S/C16H23F2NO2S/c1-11-13(16(20)21-2)10-22-14(11)4-3-12-5-7-19(8-6-12)9-15(17)18/h10,12,15H,3-9H2,1-2H3. The third-order valence-electron chi connectivity index (χ3n) is 4.43. The predicted octanol–water partition coefficient (Wildman–Crippen LogP) is 3.75. The number of piperidine rings is 1. The van der Waals surface area contributed by atoms with Crippen molar-refractivity contribution in [2.24, 2.45) is 5.92 Å². The van der Waals surface area contributed by atoms with Gasteiger partial charge in [0.25, 0.3) is 6.43 Å².